The summed E-state index contributed by atoms with van der Waals surface area (Å²) in [5, 5.41) is 0. The number of halogens is 1. The van der Waals surface area contributed by atoms with Crippen LogP contribution >= 0.6 is 27.3 Å². The Bertz CT molecular complexity index is 450. The fraction of sp³-hybridized carbons (Fsp3) is 0.0909. The van der Waals surface area contributed by atoms with Crippen molar-refractivity contribution in [3.05, 3.63) is 50.6 Å². The van der Waals surface area contributed by atoms with Gasteiger partial charge in [0.25, 0.3) is 0 Å². The summed E-state index contributed by atoms with van der Waals surface area (Å²) in [6.45, 7) is 0. The Morgan fingerprint density at radius 2 is 1.73 bits per heavy atom. The van der Waals surface area contributed by atoms with E-state index in [1.807, 2.05) is 36.4 Å². The van der Waals surface area contributed by atoms with E-state index in [9.17, 15) is 0 Å². The van der Waals surface area contributed by atoms with Crippen LogP contribution in [0.1, 0.15) is 16.5 Å². The molecular weight excluding hydrogens is 272 g/mol. The van der Waals surface area contributed by atoms with E-state index in [1.54, 1.807) is 11.3 Å². The fourth-order valence-electron chi connectivity index (χ4n) is 1.36. The largest absolute Gasteiger partial charge is 0.399 e. The first-order chi connectivity index (χ1) is 7.16. The van der Waals surface area contributed by atoms with E-state index in [-0.39, 0.29) is 6.04 Å². The Labute approximate surface area is 101 Å². The summed E-state index contributed by atoms with van der Waals surface area (Å²) in [6, 6.07) is 11.7. The van der Waals surface area contributed by atoms with E-state index in [1.165, 1.54) is 0 Å². The molecule has 0 aliphatic carbocycles. The average molecular weight is 283 g/mol. The molecule has 0 spiro atoms. The molecule has 15 heavy (non-hydrogen) atoms. The van der Waals surface area contributed by atoms with Gasteiger partial charge in [-0.05, 0) is 45.8 Å². The molecule has 1 unspecified atom stereocenters. The maximum atomic E-state index is 6.13. The third kappa shape index (κ3) is 2.40. The van der Waals surface area contributed by atoms with Gasteiger partial charge in [-0.15, -0.1) is 11.3 Å². The van der Waals surface area contributed by atoms with E-state index < -0.39 is 0 Å². The number of hydrogen-bond acceptors (Lipinski definition) is 3. The molecule has 0 amide bonds. The van der Waals surface area contributed by atoms with Crippen LogP contribution in [0.5, 0.6) is 0 Å². The van der Waals surface area contributed by atoms with Gasteiger partial charge in [0.05, 0.1) is 9.83 Å². The lowest BCUT2D eigenvalue weighted by Gasteiger charge is -2.09. The van der Waals surface area contributed by atoms with Crippen molar-refractivity contribution in [3.63, 3.8) is 0 Å². The molecule has 0 bridgehead atoms. The molecule has 1 aromatic carbocycles. The van der Waals surface area contributed by atoms with E-state index in [0.717, 1.165) is 19.9 Å². The Kier molecular flexibility index (Phi) is 3.09. The van der Waals surface area contributed by atoms with Crippen molar-refractivity contribution in [2.45, 2.75) is 6.04 Å². The van der Waals surface area contributed by atoms with Crippen molar-refractivity contribution in [2.24, 2.45) is 5.73 Å². The number of rotatable bonds is 2. The molecule has 0 saturated carbocycles. The molecule has 78 valence electrons. The van der Waals surface area contributed by atoms with E-state index in [2.05, 4.69) is 15.9 Å². The molecule has 1 aromatic heterocycles. The number of benzene rings is 1. The van der Waals surface area contributed by atoms with Gasteiger partial charge in [-0.2, -0.15) is 0 Å². The van der Waals surface area contributed by atoms with Crippen LogP contribution in [0.4, 0.5) is 5.69 Å². The van der Waals surface area contributed by atoms with Gasteiger partial charge in [0, 0.05) is 10.6 Å². The van der Waals surface area contributed by atoms with Crippen molar-refractivity contribution in [1.29, 1.82) is 0 Å². The molecule has 4 N–H and O–H groups in total. The minimum Gasteiger partial charge on any atom is -0.399 e. The molecule has 2 nitrogen and oxygen atoms in total. The number of anilines is 1. The smallest absolute Gasteiger partial charge is 0.0702 e. The highest BCUT2D eigenvalue weighted by atomic mass is 79.9. The van der Waals surface area contributed by atoms with Crippen molar-refractivity contribution < 1.29 is 0 Å². The van der Waals surface area contributed by atoms with Crippen molar-refractivity contribution in [3.8, 4) is 0 Å². The van der Waals surface area contributed by atoms with Crippen LogP contribution in [0.15, 0.2) is 40.2 Å². The van der Waals surface area contributed by atoms with Crippen LogP contribution in [-0.2, 0) is 0 Å². The van der Waals surface area contributed by atoms with Crippen molar-refractivity contribution in [2.75, 3.05) is 5.73 Å². The minimum absolute atomic E-state index is 0.0677. The molecular formula is C11H11BrN2S. The second-order valence-electron chi connectivity index (χ2n) is 3.29. The van der Waals surface area contributed by atoms with Crippen LogP contribution in [0.3, 0.4) is 0 Å². The second kappa shape index (κ2) is 4.35. The first-order valence-corrected chi connectivity index (χ1v) is 6.14. The lowest BCUT2D eigenvalue weighted by Crippen LogP contribution is -2.09. The monoisotopic (exact) mass is 282 g/mol. The lowest BCUT2D eigenvalue weighted by atomic mass is 10.1. The van der Waals surface area contributed by atoms with Crippen LogP contribution in [0.25, 0.3) is 0 Å². The van der Waals surface area contributed by atoms with Crippen LogP contribution in [0.2, 0.25) is 0 Å². The Hall–Kier alpha value is -0.840. The van der Waals surface area contributed by atoms with Gasteiger partial charge in [0.15, 0.2) is 0 Å². The second-order valence-corrected chi connectivity index (χ2v) is 5.78. The van der Waals surface area contributed by atoms with E-state index in [0.29, 0.717) is 0 Å². The zero-order chi connectivity index (χ0) is 10.8. The van der Waals surface area contributed by atoms with Gasteiger partial charge < -0.3 is 11.5 Å². The molecule has 0 fully saturated rings. The Balaban J connectivity index is 2.28. The zero-order valence-electron chi connectivity index (χ0n) is 7.98. The average Bonchev–Trinajstić information content (AvgIpc) is 2.65. The highest BCUT2D eigenvalue weighted by Gasteiger charge is 2.10. The highest BCUT2D eigenvalue weighted by molar-refractivity contribution is 9.11. The van der Waals surface area contributed by atoms with E-state index in [4.69, 9.17) is 11.5 Å². The Morgan fingerprint density at radius 1 is 1.07 bits per heavy atom. The normalized spacial score (nSPS) is 12.7. The molecule has 2 aromatic rings. The predicted molar refractivity (Wildman–Crippen MR) is 68.9 cm³/mol. The molecule has 0 aliphatic heterocycles. The summed E-state index contributed by atoms with van der Waals surface area (Å²) in [5.41, 5.74) is 13.6. The number of thiophene rings is 1. The van der Waals surface area contributed by atoms with Gasteiger partial charge in [-0.3, -0.25) is 0 Å². The molecule has 0 aliphatic rings. The maximum Gasteiger partial charge on any atom is 0.0702 e. The molecule has 1 heterocycles. The summed E-state index contributed by atoms with van der Waals surface area (Å²) >= 11 is 5.08. The maximum absolute atomic E-state index is 6.13. The van der Waals surface area contributed by atoms with Crippen LogP contribution in [0, 0.1) is 0 Å². The van der Waals surface area contributed by atoms with Crippen LogP contribution in [-0.4, -0.2) is 0 Å². The molecule has 4 heteroatoms. The first kappa shape index (κ1) is 10.7. The Morgan fingerprint density at radius 3 is 2.27 bits per heavy atom. The standard InChI is InChI=1S/C11H11BrN2S/c12-10-6-5-9(15-10)11(14)7-1-3-8(13)4-2-7/h1-6,11H,13-14H2. The van der Waals surface area contributed by atoms with Gasteiger partial charge in [-0.25, -0.2) is 0 Å². The summed E-state index contributed by atoms with van der Waals surface area (Å²) in [7, 11) is 0. The molecule has 2 rings (SSSR count). The molecule has 1 atom stereocenters. The molecule has 0 radical (unpaired) electrons. The summed E-state index contributed by atoms with van der Waals surface area (Å²) < 4.78 is 1.10. The van der Waals surface area contributed by atoms with Crippen LogP contribution < -0.4 is 11.5 Å². The lowest BCUT2D eigenvalue weighted by molar-refractivity contribution is 0.894. The van der Waals surface area contributed by atoms with Gasteiger partial charge in [0.1, 0.15) is 0 Å². The summed E-state index contributed by atoms with van der Waals surface area (Å²) in [4.78, 5) is 1.15. The van der Waals surface area contributed by atoms with Gasteiger partial charge in [-0.1, -0.05) is 12.1 Å². The topological polar surface area (TPSA) is 52.0 Å². The third-order valence-electron chi connectivity index (χ3n) is 2.20. The number of hydrogen-bond donors (Lipinski definition) is 2. The number of nitrogens with two attached hydrogens (primary N) is 2. The minimum atomic E-state index is -0.0677. The van der Waals surface area contributed by atoms with Gasteiger partial charge in [0.2, 0.25) is 0 Å². The highest BCUT2D eigenvalue weighted by Crippen LogP contribution is 2.29. The number of nitrogen functional groups attached to an aromatic ring is 1. The first-order valence-electron chi connectivity index (χ1n) is 4.53. The van der Waals surface area contributed by atoms with Crippen molar-refractivity contribution in [1.82, 2.24) is 0 Å². The van der Waals surface area contributed by atoms with Gasteiger partial charge >= 0.3 is 0 Å². The third-order valence-corrected chi connectivity index (χ3v) is 3.90. The summed E-state index contributed by atoms with van der Waals surface area (Å²) in [5.74, 6) is 0. The predicted octanol–water partition coefficient (Wildman–Crippen LogP) is 3.14. The fourth-order valence-corrected chi connectivity index (χ4v) is 2.82. The van der Waals surface area contributed by atoms with Crippen molar-refractivity contribution >= 4 is 33.0 Å². The SMILES string of the molecule is Nc1ccc(C(N)c2ccc(Br)s2)cc1. The zero-order valence-corrected chi connectivity index (χ0v) is 10.4. The summed E-state index contributed by atoms with van der Waals surface area (Å²) in [6.07, 6.45) is 0. The molecule has 0 saturated heterocycles. The quantitative estimate of drug-likeness (QED) is 0.832. The van der Waals surface area contributed by atoms with E-state index >= 15 is 0 Å².